The number of carbonyl (C=O) groups excluding carboxylic acids is 2. The van der Waals surface area contributed by atoms with E-state index in [1.165, 1.54) is 7.11 Å². The molecular formula is C15H22N2O3. The van der Waals surface area contributed by atoms with Crippen molar-refractivity contribution in [3.63, 3.8) is 0 Å². The van der Waals surface area contributed by atoms with Crippen LogP contribution in [0.3, 0.4) is 0 Å². The van der Waals surface area contributed by atoms with Gasteiger partial charge in [-0.1, -0.05) is 13.8 Å². The van der Waals surface area contributed by atoms with Crippen LogP contribution < -0.4 is 10.6 Å². The monoisotopic (exact) mass is 278 g/mol. The molecule has 1 aromatic rings. The molecule has 110 valence electrons. The molecule has 0 spiro atoms. The Hall–Kier alpha value is -1.88. The lowest BCUT2D eigenvalue weighted by atomic mass is 10.1. The molecule has 1 aromatic carbocycles. The minimum Gasteiger partial charge on any atom is -0.372 e. The minimum atomic E-state index is -0.500. The van der Waals surface area contributed by atoms with Crippen LogP contribution >= 0.6 is 0 Å². The number of nitrogens with one attached hydrogen (secondary N) is 2. The Kier molecular flexibility index (Phi) is 6.18. The van der Waals surface area contributed by atoms with Crippen LogP contribution in [0.2, 0.25) is 0 Å². The van der Waals surface area contributed by atoms with E-state index in [4.69, 9.17) is 4.74 Å². The van der Waals surface area contributed by atoms with Gasteiger partial charge in [0.2, 0.25) is 5.91 Å². The summed E-state index contributed by atoms with van der Waals surface area (Å²) < 4.78 is 4.93. The van der Waals surface area contributed by atoms with Gasteiger partial charge in [-0.15, -0.1) is 0 Å². The highest BCUT2D eigenvalue weighted by Gasteiger charge is 2.11. The van der Waals surface area contributed by atoms with Crippen molar-refractivity contribution in [2.24, 2.45) is 5.92 Å². The van der Waals surface area contributed by atoms with E-state index >= 15 is 0 Å². The van der Waals surface area contributed by atoms with Crippen molar-refractivity contribution >= 4 is 23.2 Å². The normalized spacial score (nSPS) is 12.1. The molecule has 0 aliphatic heterocycles. The number of benzene rings is 1. The first-order valence-corrected chi connectivity index (χ1v) is 6.66. The van der Waals surface area contributed by atoms with E-state index in [1.54, 1.807) is 31.2 Å². The standard InChI is InChI=1S/C15H22N2O3/c1-10(2)9-14(18)16-12-5-7-13(8-6-12)17-15(19)11(3)20-4/h5-8,10-11H,9H2,1-4H3,(H,16,18)(H,17,19)/t11-/m0/s1. The van der Waals surface area contributed by atoms with Crippen molar-refractivity contribution in [1.29, 1.82) is 0 Å². The van der Waals surface area contributed by atoms with E-state index in [0.29, 0.717) is 23.7 Å². The molecule has 0 fully saturated rings. The molecule has 5 nitrogen and oxygen atoms in total. The highest BCUT2D eigenvalue weighted by molar-refractivity contribution is 5.94. The smallest absolute Gasteiger partial charge is 0.253 e. The van der Waals surface area contributed by atoms with Gasteiger partial charge in [-0.3, -0.25) is 9.59 Å². The number of anilines is 2. The molecule has 20 heavy (non-hydrogen) atoms. The van der Waals surface area contributed by atoms with Crippen LogP contribution in [0.4, 0.5) is 11.4 Å². The van der Waals surface area contributed by atoms with Gasteiger partial charge in [0.05, 0.1) is 0 Å². The fourth-order valence-corrected chi connectivity index (χ4v) is 1.57. The summed E-state index contributed by atoms with van der Waals surface area (Å²) in [5, 5.41) is 5.54. The minimum absolute atomic E-state index is 0.00945. The topological polar surface area (TPSA) is 67.4 Å². The van der Waals surface area contributed by atoms with Crippen LogP contribution in [-0.4, -0.2) is 25.0 Å². The number of hydrogen-bond acceptors (Lipinski definition) is 3. The van der Waals surface area contributed by atoms with Crippen LogP contribution in [0.15, 0.2) is 24.3 Å². The number of amides is 2. The van der Waals surface area contributed by atoms with Crippen molar-refractivity contribution in [3.8, 4) is 0 Å². The Labute approximate surface area is 119 Å². The SMILES string of the molecule is CO[C@@H](C)C(=O)Nc1ccc(NC(=O)CC(C)C)cc1. The summed E-state index contributed by atoms with van der Waals surface area (Å²) in [5.41, 5.74) is 1.38. The third-order valence-electron chi connectivity index (χ3n) is 2.75. The van der Waals surface area contributed by atoms with Gasteiger partial charge in [-0.25, -0.2) is 0 Å². The van der Waals surface area contributed by atoms with E-state index < -0.39 is 6.10 Å². The van der Waals surface area contributed by atoms with Crippen LogP contribution in [0.25, 0.3) is 0 Å². The van der Waals surface area contributed by atoms with Gasteiger partial charge in [-0.2, -0.15) is 0 Å². The first-order valence-electron chi connectivity index (χ1n) is 6.66. The van der Waals surface area contributed by atoms with Gasteiger partial charge in [0.1, 0.15) is 6.10 Å². The summed E-state index contributed by atoms with van der Waals surface area (Å²) in [4.78, 5) is 23.2. The summed E-state index contributed by atoms with van der Waals surface area (Å²) in [5.74, 6) is 0.109. The molecule has 0 radical (unpaired) electrons. The molecule has 0 saturated carbocycles. The molecule has 1 atom stereocenters. The van der Waals surface area contributed by atoms with Crippen molar-refractivity contribution in [2.75, 3.05) is 17.7 Å². The van der Waals surface area contributed by atoms with E-state index in [1.807, 2.05) is 13.8 Å². The molecule has 5 heteroatoms. The fraction of sp³-hybridized carbons (Fsp3) is 0.467. The van der Waals surface area contributed by atoms with Gasteiger partial charge in [-0.05, 0) is 37.1 Å². The Balaban J connectivity index is 2.56. The van der Waals surface area contributed by atoms with Crippen molar-refractivity contribution in [1.82, 2.24) is 0 Å². The average Bonchev–Trinajstić information content (AvgIpc) is 2.39. The summed E-state index contributed by atoms with van der Waals surface area (Å²) in [6, 6.07) is 6.99. The number of methoxy groups -OCH3 is 1. The second-order valence-electron chi connectivity index (χ2n) is 5.09. The maximum absolute atomic E-state index is 11.6. The quantitative estimate of drug-likeness (QED) is 0.840. The van der Waals surface area contributed by atoms with Crippen molar-refractivity contribution < 1.29 is 14.3 Å². The molecule has 0 heterocycles. The molecule has 0 bridgehead atoms. The number of ether oxygens (including phenoxy) is 1. The van der Waals surface area contributed by atoms with E-state index in [9.17, 15) is 9.59 Å². The molecule has 0 unspecified atom stereocenters. The zero-order valence-electron chi connectivity index (χ0n) is 12.4. The largest absolute Gasteiger partial charge is 0.372 e. The maximum Gasteiger partial charge on any atom is 0.253 e. The Bertz CT molecular complexity index is 455. The summed E-state index contributed by atoms with van der Waals surface area (Å²) in [6.07, 6.45) is -0.00969. The van der Waals surface area contributed by atoms with Gasteiger partial charge in [0, 0.05) is 24.9 Å². The summed E-state index contributed by atoms with van der Waals surface area (Å²) in [6.45, 7) is 5.67. The molecule has 2 amide bonds. The number of rotatable bonds is 6. The van der Waals surface area contributed by atoms with E-state index in [2.05, 4.69) is 10.6 Å². The van der Waals surface area contributed by atoms with E-state index in [-0.39, 0.29) is 11.8 Å². The van der Waals surface area contributed by atoms with Gasteiger partial charge in [0.15, 0.2) is 0 Å². The van der Waals surface area contributed by atoms with Crippen molar-refractivity contribution in [3.05, 3.63) is 24.3 Å². The molecule has 0 aliphatic carbocycles. The Morgan fingerprint density at radius 1 is 1.05 bits per heavy atom. The predicted octanol–water partition coefficient (Wildman–Crippen LogP) is 2.64. The Morgan fingerprint density at radius 2 is 1.55 bits per heavy atom. The van der Waals surface area contributed by atoms with Crippen LogP contribution in [0, 0.1) is 5.92 Å². The van der Waals surface area contributed by atoms with Gasteiger partial charge >= 0.3 is 0 Å². The highest BCUT2D eigenvalue weighted by atomic mass is 16.5. The second kappa shape index (κ2) is 7.65. The maximum atomic E-state index is 11.6. The number of carbonyl (C=O) groups is 2. The molecular weight excluding hydrogens is 256 g/mol. The zero-order valence-corrected chi connectivity index (χ0v) is 12.4. The lowest BCUT2D eigenvalue weighted by Crippen LogP contribution is -2.26. The first kappa shape index (κ1) is 16.2. The third-order valence-corrected chi connectivity index (χ3v) is 2.75. The summed E-state index contributed by atoms with van der Waals surface area (Å²) in [7, 11) is 1.48. The van der Waals surface area contributed by atoms with E-state index in [0.717, 1.165) is 0 Å². The second-order valence-corrected chi connectivity index (χ2v) is 5.09. The molecule has 0 aliphatic rings. The van der Waals surface area contributed by atoms with Gasteiger partial charge in [0.25, 0.3) is 5.91 Å². The molecule has 2 N–H and O–H groups in total. The lowest BCUT2D eigenvalue weighted by molar-refractivity contribution is -0.124. The Morgan fingerprint density at radius 3 is 2.00 bits per heavy atom. The van der Waals surface area contributed by atoms with Crippen LogP contribution in [0.5, 0.6) is 0 Å². The highest BCUT2D eigenvalue weighted by Crippen LogP contribution is 2.15. The fourth-order valence-electron chi connectivity index (χ4n) is 1.57. The predicted molar refractivity (Wildman–Crippen MR) is 79.6 cm³/mol. The zero-order chi connectivity index (χ0) is 15.1. The third kappa shape index (κ3) is 5.40. The van der Waals surface area contributed by atoms with Crippen LogP contribution in [-0.2, 0) is 14.3 Å². The van der Waals surface area contributed by atoms with Crippen LogP contribution in [0.1, 0.15) is 27.2 Å². The van der Waals surface area contributed by atoms with Gasteiger partial charge < -0.3 is 15.4 Å². The number of hydrogen-bond donors (Lipinski definition) is 2. The summed E-state index contributed by atoms with van der Waals surface area (Å²) >= 11 is 0. The average molecular weight is 278 g/mol. The first-order chi connectivity index (χ1) is 9.42. The lowest BCUT2D eigenvalue weighted by Gasteiger charge is -2.11. The van der Waals surface area contributed by atoms with Crippen molar-refractivity contribution in [2.45, 2.75) is 33.3 Å². The molecule has 1 rings (SSSR count). The molecule has 0 saturated heterocycles. The molecule has 0 aromatic heterocycles.